The number of aromatic nitrogens is 3. The van der Waals surface area contributed by atoms with Crippen LogP contribution < -0.4 is 0 Å². The lowest BCUT2D eigenvalue weighted by atomic mass is 9.91. The average Bonchev–Trinajstić information content (AvgIpc) is 3.66. The first-order chi connectivity index (χ1) is 30.8. The molecule has 0 aliphatic carbocycles. The van der Waals surface area contributed by atoms with Crippen LogP contribution in [0.3, 0.4) is 0 Å². The lowest BCUT2D eigenvalue weighted by Gasteiger charge is -2.14. The molecule has 12 aromatic rings. The van der Waals surface area contributed by atoms with E-state index >= 15 is 0 Å². The maximum absolute atomic E-state index is 13.6. The summed E-state index contributed by atoms with van der Waals surface area (Å²) in [5, 5.41) is 11.2. The van der Waals surface area contributed by atoms with Gasteiger partial charge in [-0.3, -0.25) is 4.57 Å². The largest absolute Gasteiger partial charge is 0.416 e. The maximum atomic E-state index is 13.6. The second kappa shape index (κ2) is 14.3. The highest BCUT2D eigenvalue weighted by Crippen LogP contribution is 2.43. The van der Waals surface area contributed by atoms with Gasteiger partial charge < -0.3 is 0 Å². The Morgan fingerprint density at radius 2 is 0.873 bits per heavy atom. The minimum Gasteiger partial charge on any atom is -0.294 e. The summed E-state index contributed by atoms with van der Waals surface area (Å²) in [7, 11) is 0. The molecule has 0 aliphatic rings. The molecule has 0 saturated carbocycles. The van der Waals surface area contributed by atoms with E-state index in [9.17, 15) is 13.2 Å². The molecule has 0 fully saturated rings. The number of nitrogens with zero attached hydrogens (tertiary/aromatic N) is 3. The predicted octanol–water partition coefficient (Wildman–Crippen LogP) is 15.9. The van der Waals surface area contributed by atoms with Crippen LogP contribution in [0.2, 0.25) is 0 Å². The molecule has 3 nitrogen and oxygen atoms in total. The smallest absolute Gasteiger partial charge is 0.294 e. The number of halogens is 3. The summed E-state index contributed by atoms with van der Waals surface area (Å²) >= 11 is 0. The van der Waals surface area contributed by atoms with Gasteiger partial charge in [0, 0.05) is 28.0 Å². The van der Waals surface area contributed by atoms with Crippen molar-refractivity contribution in [3.8, 4) is 50.7 Å². The van der Waals surface area contributed by atoms with Gasteiger partial charge in [0.15, 0.2) is 5.82 Å². The fraction of sp³-hybridized carbons (Fsp3) is 0.0175. The monoisotopic (exact) mass is 817 g/mol. The zero-order chi connectivity index (χ0) is 42.2. The van der Waals surface area contributed by atoms with Crippen molar-refractivity contribution in [2.75, 3.05) is 0 Å². The molecule has 0 unspecified atom stereocenters. The Labute approximate surface area is 360 Å². The quantitative estimate of drug-likeness (QED) is 0.162. The number of alkyl halides is 3. The molecular formula is C57H34F3N3. The molecule has 0 amide bonds. The lowest BCUT2D eigenvalue weighted by Crippen LogP contribution is -2.04. The fourth-order valence-corrected chi connectivity index (χ4v) is 9.31. The average molecular weight is 818 g/mol. The lowest BCUT2D eigenvalue weighted by molar-refractivity contribution is -0.137. The van der Waals surface area contributed by atoms with Crippen LogP contribution in [0, 0.1) is 0 Å². The van der Waals surface area contributed by atoms with Gasteiger partial charge in [0.1, 0.15) is 5.82 Å². The third-order valence-corrected chi connectivity index (χ3v) is 12.4. The fourth-order valence-electron chi connectivity index (χ4n) is 9.31. The highest BCUT2D eigenvalue weighted by molar-refractivity contribution is 6.29. The highest BCUT2D eigenvalue weighted by Gasteiger charge is 2.30. The van der Waals surface area contributed by atoms with E-state index in [-0.39, 0.29) is 0 Å². The van der Waals surface area contributed by atoms with Crippen LogP contribution >= 0.6 is 0 Å². The summed E-state index contributed by atoms with van der Waals surface area (Å²) in [6.45, 7) is 0. The van der Waals surface area contributed by atoms with Crippen LogP contribution in [-0.4, -0.2) is 14.5 Å². The van der Waals surface area contributed by atoms with Crippen molar-refractivity contribution >= 4 is 64.9 Å². The number of benzene rings is 10. The van der Waals surface area contributed by atoms with Crippen LogP contribution in [0.25, 0.3) is 116 Å². The molecule has 63 heavy (non-hydrogen) atoms. The topological polar surface area (TPSA) is 30.7 Å². The molecule has 0 saturated heterocycles. The molecule has 0 radical (unpaired) electrons. The van der Waals surface area contributed by atoms with E-state index in [2.05, 4.69) is 126 Å². The van der Waals surface area contributed by atoms with E-state index in [1.54, 1.807) is 12.1 Å². The Morgan fingerprint density at radius 3 is 1.62 bits per heavy atom. The zero-order valence-electron chi connectivity index (χ0n) is 33.6. The number of hydrogen-bond acceptors (Lipinski definition) is 2. The molecule has 0 N–H and O–H groups in total. The summed E-state index contributed by atoms with van der Waals surface area (Å²) < 4.78 is 43.1. The van der Waals surface area contributed by atoms with E-state index in [0.717, 1.165) is 99.8 Å². The Bertz CT molecular complexity index is 3700. The van der Waals surface area contributed by atoms with Crippen molar-refractivity contribution in [2.45, 2.75) is 6.18 Å². The van der Waals surface area contributed by atoms with Crippen LogP contribution in [0.5, 0.6) is 0 Å². The van der Waals surface area contributed by atoms with Crippen LogP contribution in [-0.2, 0) is 6.18 Å². The van der Waals surface area contributed by atoms with Crippen molar-refractivity contribution < 1.29 is 13.2 Å². The Morgan fingerprint density at radius 1 is 0.333 bits per heavy atom. The Kier molecular flexibility index (Phi) is 8.31. The van der Waals surface area contributed by atoms with Crippen LogP contribution in [0.15, 0.2) is 206 Å². The van der Waals surface area contributed by atoms with Gasteiger partial charge in [-0.2, -0.15) is 13.2 Å². The third-order valence-electron chi connectivity index (χ3n) is 12.4. The number of rotatable bonds is 5. The zero-order valence-corrected chi connectivity index (χ0v) is 33.6. The van der Waals surface area contributed by atoms with Crippen molar-refractivity contribution in [3.63, 3.8) is 0 Å². The molecular weight excluding hydrogens is 784 g/mol. The van der Waals surface area contributed by atoms with Crippen LogP contribution in [0.4, 0.5) is 13.2 Å². The Balaban J connectivity index is 1.16. The SMILES string of the molecule is FC(F)(F)c1ccc(-c2ccc3c(c2)c2cc4c5ccccc5c5cc(-c6ccc7ccccc7c6)ccc5c4cc2n3-c2cc(-c3ccccc3)nc(-c3ccccc3)n2)cc1. The van der Waals surface area contributed by atoms with Gasteiger partial charge in [-0.1, -0.05) is 152 Å². The summed E-state index contributed by atoms with van der Waals surface area (Å²) in [6, 6.07) is 68.8. The molecule has 0 aliphatic heterocycles. The molecule has 2 heterocycles. The van der Waals surface area contributed by atoms with Crippen molar-refractivity contribution in [1.29, 1.82) is 0 Å². The van der Waals surface area contributed by atoms with Crippen LogP contribution in [0.1, 0.15) is 5.56 Å². The van der Waals surface area contributed by atoms with E-state index in [1.165, 1.54) is 10.8 Å². The van der Waals surface area contributed by atoms with Crippen molar-refractivity contribution in [1.82, 2.24) is 14.5 Å². The first-order valence-electron chi connectivity index (χ1n) is 20.9. The predicted molar refractivity (Wildman–Crippen MR) is 253 cm³/mol. The summed E-state index contributed by atoms with van der Waals surface area (Å²) in [6.07, 6.45) is -4.42. The van der Waals surface area contributed by atoms with Gasteiger partial charge >= 0.3 is 6.18 Å². The van der Waals surface area contributed by atoms with Gasteiger partial charge in [-0.15, -0.1) is 0 Å². The molecule has 0 bridgehead atoms. The van der Waals surface area contributed by atoms with Gasteiger partial charge in [-0.05, 0) is 114 Å². The molecule has 10 aromatic carbocycles. The van der Waals surface area contributed by atoms with Gasteiger partial charge in [-0.25, -0.2) is 9.97 Å². The van der Waals surface area contributed by atoms with Crippen molar-refractivity contribution in [2.24, 2.45) is 0 Å². The molecule has 0 atom stereocenters. The summed E-state index contributed by atoms with van der Waals surface area (Å²) in [5.74, 6) is 1.30. The normalized spacial score (nSPS) is 12.0. The van der Waals surface area contributed by atoms with Gasteiger partial charge in [0.25, 0.3) is 0 Å². The number of hydrogen-bond donors (Lipinski definition) is 0. The third kappa shape index (κ3) is 6.21. The first-order valence-corrected chi connectivity index (χ1v) is 20.9. The molecule has 298 valence electrons. The minimum atomic E-state index is -4.42. The molecule has 6 heteroatoms. The maximum Gasteiger partial charge on any atom is 0.416 e. The van der Waals surface area contributed by atoms with Gasteiger partial charge in [0.05, 0.1) is 22.3 Å². The standard InChI is InChI=1S/C57H34F3N3/c58-57(59,60)43-25-21-36(22-26-43)41-24-28-53-50(31-41)51-32-48-45-18-10-9-17-44(45)47-30-42(40-20-19-35-11-7-8-16-39(35)29-40)23-27-46(47)49(48)33-54(51)63(53)55-34-52(37-12-3-1-4-13-37)61-56(62-55)38-14-5-2-6-15-38/h1-34H. The number of fused-ring (bicyclic) bond motifs is 10. The molecule has 2 aromatic heterocycles. The highest BCUT2D eigenvalue weighted by atomic mass is 19.4. The van der Waals surface area contributed by atoms with E-state index in [1.807, 2.05) is 60.7 Å². The first kappa shape index (κ1) is 36.7. The van der Waals surface area contributed by atoms with E-state index in [4.69, 9.17) is 9.97 Å². The minimum absolute atomic E-state index is 0.599. The second-order valence-corrected chi connectivity index (χ2v) is 16.1. The van der Waals surface area contributed by atoms with E-state index < -0.39 is 11.7 Å². The van der Waals surface area contributed by atoms with E-state index in [0.29, 0.717) is 17.2 Å². The molecule has 12 rings (SSSR count). The van der Waals surface area contributed by atoms with Crippen molar-refractivity contribution in [3.05, 3.63) is 212 Å². The molecule has 0 spiro atoms. The Hall–Kier alpha value is -8.09. The summed E-state index contributed by atoms with van der Waals surface area (Å²) in [4.78, 5) is 10.4. The summed E-state index contributed by atoms with van der Waals surface area (Å²) in [5.41, 5.74) is 7.66. The van der Waals surface area contributed by atoms with Gasteiger partial charge in [0.2, 0.25) is 0 Å². The second-order valence-electron chi connectivity index (χ2n) is 16.1.